The lowest BCUT2D eigenvalue weighted by atomic mass is 10.2. The first-order chi connectivity index (χ1) is 11.7. The molecule has 0 aromatic heterocycles. The van der Waals surface area contributed by atoms with E-state index in [0.717, 1.165) is 5.56 Å². The van der Waals surface area contributed by atoms with Crippen LogP contribution in [0.4, 0.5) is 0 Å². The van der Waals surface area contributed by atoms with Crippen LogP contribution in [0.5, 0.6) is 17.2 Å². The molecule has 0 radical (unpaired) electrons. The van der Waals surface area contributed by atoms with Gasteiger partial charge in [0.1, 0.15) is 5.75 Å². The molecule has 0 saturated carbocycles. The molecule has 6 nitrogen and oxygen atoms in total. The van der Waals surface area contributed by atoms with E-state index in [-0.39, 0.29) is 5.75 Å². The van der Waals surface area contributed by atoms with Crippen molar-refractivity contribution < 1.29 is 24.2 Å². The van der Waals surface area contributed by atoms with Gasteiger partial charge in [-0.15, -0.1) is 0 Å². The summed E-state index contributed by atoms with van der Waals surface area (Å²) in [5, 5.41) is 11.5. The molecule has 1 N–H and O–H groups in total. The molecule has 0 spiro atoms. The Kier molecular flexibility index (Phi) is 5.96. The van der Waals surface area contributed by atoms with Crippen molar-refractivity contribution in [2.45, 2.75) is 0 Å². The number of carbonyl (C=O) groups is 1. The number of benzene rings is 2. The number of esters is 1. The Morgan fingerprint density at radius 2 is 1.88 bits per heavy atom. The third kappa shape index (κ3) is 4.61. The molecule has 0 aliphatic carbocycles. The van der Waals surface area contributed by atoms with Crippen LogP contribution >= 0.6 is 0 Å². The van der Waals surface area contributed by atoms with Gasteiger partial charge in [0.25, 0.3) is 0 Å². The fourth-order valence-corrected chi connectivity index (χ4v) is 1.97. The molecule has 2 aromatic carbocycles. The summed E-state index contributed by atoms with van der Waals surface area (Å²) in [7, 11) is 3.03. The monoisotopic (exact) mass is 327 g/mol. The molecule has 2 rings (SSSR count). The Morgan fingerprint density at radius 1 is 1.04 bits per heavy atom. The van der Waals surface area contributed by atoms with E-state index in [1.807, 2.05) is 18.2 Å². The van der Waals surface area contributed by atoms with E-state index in [2.05, 4.69) is 5.16 Å². The molecule has 0 aliphatic heterocycles. The van der Waals surface area contributed by atoms with Gasteiger partial charge in [0.05, 0.1) is 20.4 Å². The highest BCUT2D eigenvalue weighted by molar-refractivity contribution is 5.89. The quantitative estimate of drug-likeness (QED) is 0.220. The van der Waals surface area contributed by atoms with Gasteiger partial charge < -0.3 is 19.4 Å². The second-order valence-corrected chi connectivity index (χ2v) is 4.69. The van der Waals surface area contributed by atoms with E-state index in [4.69, 9.17) is 19.4 Å². The van der Waals surface area contributed by atoms with E-state index in [1.54, 1.807) is 37.5 Å². The second-order valence-electron chi connectivity index (χ2n) is 4.69. The second kappa shape index (κ2) is 8.38. The van der Waals surface area contributed by atoms with Crippen molar-refractivity contribution in [3.05, 3.63) is 59.7 Å². The minimum atomic E-state index is -0.542. The molecule has 2 aromatic rings. The van der Waals surface area contributed by atoms with Crippen LogP contribution in [0.3, 0.4) is 0 Å². The lowest BCUT2D eigenvalue weighted by Gasteiger charge is -2.08. The van der Waals surface area contributed by atoms with Crippen LogP contribution in [-0.2, 0) is 4.79 Å². The molecular weight excluding hydrogens is 310 g/mol. The summed E-state index contributed by atoms with van der Waals surface area (Å²) in [5.41, 5.74) is 1.42. The first-order valence-electron chi connectivity index (χ1n) is 7.05. The van der Waals surface area contributed by atoms with Gasteiger partial charge >= 0.3 is 5.97 Å². The minimum Gasteiger partial charge on any atom is -0.497 e. The molecule has 0 amide bonds. The maximum atomic E-state index is 12.0. The summed E-state index contributed by atoms with van der Waals surface area (Å²) < 4.78 is 15.5. The Labute approximate surface area is 139 Å². The smallest absolute Gasteiger partial charge is 0.336 e. The summed E-state index contributed by atoms with van der Waals surface area (Å²) in [6, 6.07) is 12.1. The van der Waals surface area contributed by atoms with Gasteiger partial charge in [0, 0.05) is 11.6 Å². The van der Waals surface area contributed by atoms with Crippen molar-refractivity contribution in [2.24, 2.45) is 5.16 Å². The van der Waals surface area contributed by atoms with Crippen molar-refractivity contribution in [3.8, 4) is 17.2 Å². The highest BCUT2D eigenvalue weighted by atomic mass is 16.6. The average molecular weight is 327 g/mol. The van der Waals surface area contributed by atoms with Crippen LogP contribution in [0.1, 0.15) is 11.1 Å². The van der Waals surface area contributed by atoms with Gasteiger partial charge in [-0.3, -0.25) is 0 Å². The van der Waals surface area contributed by atoms with Crippen molar-refractivity contribution in [2.75, 3.05) is 14.2 Å². The predicted molar refractivity (Wildman–Crippen MR) is 90.0 cm³/mol. The maximum Gasteiger partial charge on any atom is 0.336 e. The normalized spacial score (nSPS) is 10.9. The fraction of sp³-hybridized carbons (Fsp3) is 0.111. The van der Waals surface area contributed by atoms with Crippen molar-refractivity contribution >= 4 is 18.3 Å². The van der Waals surface area contributed by atoms with Gasteiger partial charge in [-0.1, -0.05) is 17.3 Å². The van der Waals surface area contributed by atoms with Gasteiger partial charge in [0.2, 0.25) is 0 Å². The van der Waals surface area contributed by atoms with Crippen LogP contribution < -0.4 is 14.2 Å². The summed E-state index contributed by atoms with van der Waals surface area (Å²) >= 11 is 0. The first kappa shape index (κ1) is 17.1. The molecule has 0 heterocycles. The topological polar surface area (TPSA) is 77.4 Å². The lowest BCUT2D eigenvalue weighted by Crippen LogP contribution is -2.05. The van der Waals surface area contributed by atoms with Crippen LogP contribution in [0.15, 0.2) is 53.7 Å². The summed E-state index contributed by atoms with van der Waals surface area (Å²) in [6.07, 6.45) is 4.19. The zero-order valence-corrected chi connectivity index (χ0v) is 13.3. The number of ether oxygens (including phenoxy) is 3. The van der Waals surface area contributed by atoms with Gasteiger partial charge in [0.15, 0.2) is 11.5 Å². The summed E-state index contributed by atoms with van der Waals surface area (Å²) in [5.74, 6) is 0.788. The molecule has 0 fully saturated rings. The zero-order valence-electron chi connectivity index (χ0n) is 13.3. The van der Waals surface area contributed by atoms with E-state index in [9.17, 15) is 4.79 Å². The Morgan fingerprint density at radius 3 is 2.58 bits per heavy atom. The SMILES string of the molecule is COc1cccc(C=CC(=O)Oc2ccc(/C=N/O)cc2OC)c1. The highest BCUT2D eigenvalue weighted by Gasteiger charge is 2.08. The van der Waals surface area contributed by atoms with E-state index in [1.165, 1.54) is 19.4 Å². The third-order valence-corrected chi connectivity index (χ3v) is 3.11. The molecule has 0 atom stereocenters. The lowest BCUT2D eigenvalue weighted by molar-refractivity contribution is -0.129. The van der Waals surface area contributed by atoms with Gasteiger partial charge in [-0.25, -0.2) is 4.79 Å². The van der Waals surface area contributed by atoms with Crippen LogP contribution in [0.2, 0.25) is 0 Å². The molecular formula is C18H17NO5. The van der Waals surface area contributed by atoms with E-state index in [0.29, 0.717) is 17.1 Å². The number of hydrogen-bond acceptors (Lipinski definition) is 6. The number of oxime groups is 1. The molecule has 0 saturated heterocycles. The number of rotatable bonds is 6. The molecule has 0 bridgehead atoms. The molecule has 124 valence electrons. The number of carbonyl (C=O) groups excluding carboxylic acids is 1. The molecule has 0 aliphatic rings. The fourth-order valence-electron chi connectivity index (χ4n) is 1.97. The Hall–Kier alpha value is -3.28. The van der Waals surface area contributed by atoms with E-state index < -0.39 is 5.97 Å². The standard InChI is InChI=1S/C18H17NO5/c1-22-15-5-3-4-13(10-15)7-9-18(20)24-16-8-6-14(12-19-21)11-17(16)23-2/h3-12,21H,1-2H3/b9-7?,19-12+. The molecule has 0 unspecified atom stereocenters. The van der Waals surface area contributed by atoms with Gasteiger partial charge in [-0.05, 0) is 42.0 Å². The largest absolute Gasteiger partial charge is 0.497 e. The number of hydrogen-bond donors (Lipinski definition) is 1. The third-order valence-electron chi connectivity index (χ3n) is 3.11. The van der Waals surface area contributed by atoms with Crippen molar-refractivity contribution in [1.29, 1.82) is 0 Å². The molecule has 24 heavy (non-hydrogen) atoms. The van der Waals surface area contributed by atoms with Crippen LogP contribution in [0, 0.1) is 0 Å². The summed E-state index contributed by atoms with van der Waals surface area (Å²) in [6.45, 7) is 0. The maximum absolute atomic E-state index is 12.0. The summed E-state index contributed by atoms with van der Waals surface area (Å²) in [4.78, 5) is 12.0. The Bertz CT molecular complexity index is 768. The first-order valence-corrected chi connectivity index (χ1v) is 7.05. The predicted octanol–water partition coefficient (Wildman–Crippen LogP) is 3.13. The van der Waals surface area contributed by atoms with Crippen molar-refractivity contribution in [1.82, 2.24) is 0 Å². The number of nitrogens with zero attached hydrogens (tertiary/aromatic N) is 1. The van der Waals surface area contributed by atoms with Crippen molar-refractivity contribution in [3.63, 3.8) is 0 Å². The Balaban J connectivity index is 2.10. The van der Waals surface area contributed by atoms with Crippen LogP contribution in [-0.4, -0.2) is 31.6 Å². The van der Waals surface area contributed by atoms with Crippen LogP contribution in [0.25, 0.3) is 6.08 Å². The van der Waals surface area contributed by atoms with Gasteiger partial charge in [-0.2, -0.15) is 0 Å². The van der Waals surface area contributed by atoms with E-state index >= 15 is 0 Å². The zero-order chi connectivity index (χ0) is 17.4. The number of methoxy groups -OCH3 is 2. The average Bonchev–Trinajstić information content (AvgIpc) is 2.61. The minimum absolute atomic E-state index is 0.271. The highest BCUT2D eigenvalue weighted by Crippen LogP contribution is 2.27. The molecule has 6 heteroatoms.